The molecular weight excluding hydrogens is 498 g/mol. The number of aliphatic imine (C=N–C) groups is 1. The highest BCUT2D eigenvalue weighted by atomic mass is 32.2. The number of nitriles is 1. The molecule has 2 aliphatic heterocycles. The second-order valence-electron chi connectivity index (χ2n) is 8.95. The summed E-state index contributed by atoms with van der Waals surface area (Å²) >= 11 is 3.02. The fourth-order valence-corrected chi connectivity index (χ4v) is 6.67. The van der Waals surface area contributed by atoms with E-state index in [-0.39, 0.29) is 5.91 Å². The largest absolute Gasteiger partial charge is 0.384 e. The Kier molecular flexibility index (Phi) is 7.00. The zero-order valence-electron chi connectivity index (χ0n) is 21.2. The predicted octanol–water partition coefficient (Wildman–Crippen LogP) is 6.78. The van der Waals surface area contributed by atoms with Gasteiger partial charge in [-0.1, -0.05) is 42.1 Å². The molecule has 2 heterocycles. The molecule has 1 saturated heterocycles. The van der Waals surface area contributed by atoms with Crippen LogP contribution in [0.15, 0.2) is 80.5 Å². The van der Waals surface area contributed by atoms with Crippen molar-refractivity contribution < 1.29 is 4.79 Å². The van der Waals surface area contributed by atoms with Gasteiger partial charge in [0.15, 0.2) is 5.17 Å². The molecule has 0 aromatic heterocycles. The van der Waals surface area contributed by atoms with Crippen LogP contribution in [0.5, 0.6) is 0 Å². The van der Waals surface area contributed by atoms with E-state index < -0.39 is 0 Å². The van der Waals surface area contributed by atoms with Crippen molar-refractivity contribution in [2.24, 2.45) is 4.99 Å². The quantitative estimate of drug-likeness (QED) is 0.370. The lowest BCUT2D eigenvalue weighted by atomic mass is 10.1. The number of benzene rings is 3. The van der Waals surface area contributed by atoms with Gasteiger partial charge in [-0.15, -0.1) is 0 Å². The average molecular weight is 526 g/mol. The van der Waals surface area contributed by atoms with Gasteiger partial charge >= 0.3 is 0 Å². The van der Waals surface area contributed by atoms with Crippen LogP contribution in [0.2, 0.25) is 0 Å². The number of carbonyl (C=O) groups is 1. The number of anilines is 2. The number of amidine groups is 1. The molecule has 1 fully saturated rings. The van der Waals surface area contributed by atoms with Crippen LogP contribution < -0.4 is 10.2 Å². The maximum absolute atomic E-state index is 13.9. The number of thioether (sulfide) groups is 2. The summed E-state index contributed by atoms with van der Waals surface area (Å²) in [5, 5.41) is 14.3. The first-order valence-corrected chi connectivity index (χ1v) is 13.7. The number of rotatable bonds is 5. The summed E-state index contributed by atoms with van der Waals surface area (Å²) in [7, 11) is 2.01. The van der Waals surface area contributed by atoms with E-state index in [2.05, 4.69) is 42.3 Å². The van der Waals surface area contributed by atoms with Gasteiger partial charge in [0.2, 0.25) is 0 Å². The molecule has 1 N–H and O–H groups in total. The van der Waals surface area contributed by atoms with Crippen LogP contribution >= 0.6 is 23.5 Å². The monoisotopic (exact) mass is 525 g/mol. The maximum atomic E-state index is 13.9. The van der Waals surface area contributed by atoms with E-state index in [1.54, 1.807) is 28.8 Å². The van der Waals surface area contributed by atoms with Gasteiger partial charge in [-0.05, 0) is 79.6 Å². The highest BCUT2D eigenvalue weighted by Crippen LogP contribution is 2.51. The molecule has 8 heteroatoms. The molecular formula is C29H27N5OS2. The van der Waals surface area contributed by atoms with Crippen molar-refractivity contribution in [3.05, 3.63) is 92.9 Å². The van der Waals surface area contributed by atoms with Crippen LogP contribution in [-0.4, -0.2) is 29.6 Å². The highest BCUT2D eigenvalue weighted by molar-refractivity contribution is 8.19. The molecule has 2 aliphatic rings. The lowest BCUT2D eigenvalue weighted by Crippen LogP contribution is -2.29. The van der Waals surface area contributed by atoms with Crippen LogP contribution in [0.3, 0.4) is 0 Å². The van der Waals surface area contributed by atoms with Gasteiger partial charge < -0.3 is 10.2 Å². The Morgan fingerprint density at radius 2 is 1.78 bits per heavy atom. The summed E-state index contributed by atoms with van der Waals surface area (Å²) in [6.45, 7) is 7.37. The van der Waals surface area contributed by atoms with E-state index >= 15 is 0 Å². The molecule has 0 aliphatic carbocycles. The number of carbonyl (C=O) groups excluding carboxylic acids is 1. The van der Waals surface area contributed by atoms with Gasteiger partial charge in [-0.3, -0.25) is 9.69 Å². The molecule has 186 valence electrons. The van der Waals surface area contributed by atoms with Gasteiger partial charge in [0, 0.05) is 18.5 Å². The first kappa shape index (κ1) is 25.0. The number of nitrogens with one attached hydrogen (secondary N) is 1. The fourth-order valence-electron chi connectivity index (χ4n) is 4.26. The standard InChI is InChI=1S/C29H27N5OS2/c1-5-31-22-12-11-21(16-30)15-23(22)32-29-34(17-20-9-7-6-8-10-20)27(35)26(37-29)28-33(4)24-13-18(2)19(3)14-25(24)36-28/h6-15,31H,5,17H2,1-4H3. The van der Waals surface area contributed by atoms with E-state index in [0.717, 1.165) is 33.4 Å². The molecule has 0 bridgehead atoms. The summed E-state index contributed by atoms with van der Waals surface area (Å²) in [5.41, 5.74) is 6.59. The van der Waals surface area contributed by atoms with Crippen molar-refractivity contribution in [2.45, 2.75) is 32.2 Å². The molecule has 0 saturated carbocycles. The molecule has 3 aromatic carbocycles. The minimum atomic E-state index is -0.0651. The SMILES string of the molecule is CCNc1ccc(C#N)cc1N=C1SC(=C2Sc3cc(C)c(C)cc3N2C)C(=O)N1Cc1ccccc1. The number of hydrogen-bond acceptors (Lipinski definition) is 7. The first-order chi connectivity index (χ1) is 17.9. The van der Waals surface area contributed by atoms with E-state index in [0.29, 0.717) is 27.9 Å². The second kappa shape index (κ2) is 10.4. The topological polar surface area (TPSA) is 71.7 Å². The Morgan fingerprint density at radius 1 is 1.03 bits per heavy atom. The predicted molar refractivity (Wildman–Crippen MR) is 154 cm³/mol. The van der Waals surface area contributed by atoms with Crippen LogP contribution in [-0.2, 0) is 11.3 Å². The Balaban J connectivity index is 1.60. The average Bonchev–Trinajstić information content (AvgIpc) is 3.37. The third kappa shape index (κ3) is 4.85. The number of aryl methyl sites for hydroxylation is 2. The van der Waals surface area contributed by atoms with Gasteiger partial charge in [0.1, 0.15) is 4.91 Å². The minimum absolute atomic E-state index is 0.0651. The summed E-state index contributed by atoms with van der Waals surface area (Å²) in [6.07, 6.45) is 0. The van der Waals surface area contributed by atoms with E-state index in [1.165, 1.54) is 22.9 Å². The lowest BCUT2D eigenvalue weighted by Gasteiger charge is -2.17. The molecule has 0 radical (unpaired) electrons. The zero-order valence-corrected chi connectivity index (χ0v) is 22.8. The van der Waals surface area contributed by atoms with Crippen LogP contribution in [0.4, 0.5) is 17.1 Å². The van der Waals surface area contributed by atoms with Crippen LogP contribution in [0, 0.1) is 25.2 Å². The van der Waals surface area contributed by atoms with Crippen molar-refractivity contribution >= 4 is 51.7 Å². The fraction of sp³-hybridized carbons (Fsp3) is 0.207. The van der Waals surface area contributed by atoms with Crippen LogP contribution in [0.1, 0.15) is 29.2 Å². The summed E-state index contributed by atoms with van der Waals surface area (Å²) < 4.78 is 0. The Labute approximate surface area is 226 Å². The van der Waals surface area contributed by atoms with Gasteiger partial charge in [0.05, 0.1) is 40.3 Å². The Morgan fingerprint density at radius 3 is 2.51 bits per heavy atom. The molecule has 3 aromatic rings. The highest BCUT2D eigenvalue weighted by Gasteiger charge is 2.39. The third-order valence-corrected chi connectivity index (χ3v) is 8.81. The third-order valence-electron chi connectivity index (χ3n) is 6.40. The number of amides is 1. The maximum Gasteiger partial charge on any atom is 0.269 e. The Bertz CT molecular complexity index is 1490. The minimum Gasteiger partial charge on any atom is -0.384 e. The number of nitrogens with zero attached hydrogens (tertiary/aromatic N) is 4. The van der Waals surface area contributed by atoms with Crippen molar-refractivity contribution in [2.75, 3.05) is 23.8 Å². The van der Waals surface area contributed by atoms with E-state index in [1.807, 2.05) is 50.4 Å². The second-order valence-corrected chi connectivity index (χ2v) is 11.0. The molecule has 0 spiro atoms. The smallest absolute Gasteiger partial charge is 0.269 e. The normalized spacial score (nSPS) is 17.9. The molecule has 0 unspecified atom stereocenters. The van der Waals surface area contributed by atoms with Gasteiger partial charge in [-0.2, -0.15) is 5.26 Å². The number of fused-ring (bicyclic) bond motifs is 1. The van der Waals surface area contributed by atoms with Crippen molar-refractivity contribution in [1.82, 2.24) is 4.90 Å². The van der Waals surface area contributed by atoms with E-state index in [4.69, 9.17) is 4.99 Å². The molecule has 0 atom stereocenters. The molecule has 37 heavy (non-hydrogen) atoms. The van der Waals surface area contributed by atoms with Crippen molar-refractivity contribution in [3.8, 4) is 6.07 Å². The number of hydrogen-bond donors (Lipinski definition) is 1. The first-order valence-electron chi connectivity index (χ1n) is 12.1. The lowest BCUT2D eigenvalue weighted by molar-refractivity contribution is -0.122. The van der Waals surface area contributed by atoms with E-state index in [9.17, 15) is 10.1 Å². The van der Waals surface area contributed by atoms with Crippen molar-refractivity contribution in [1.29, 1.82) is 5.26 Å². The Hall–Kier alpha value is -3.67. The summed E-state index contributed by atoms with van der Waals surface area (Å²) in [6, 6.07) is 21.9. The molecule has 1 amide bonds. The van der Waals surface area contributed by atoms with Crippen LogP contribution in [0.25, 0.3) is 0 Å². The zero-order chi connectivity index (χ0) is 26.1. The van der Waals surface area contributed by atoms with Gasteiger partial charge in [-0.25, -0.2) is 4.99 Å². The summed E-state index contributed by atoms with van der Waals surface area (Å²) in [5.74, 6) is -0.0651. The van der Waals surface area contributed by atoms with Crippen molar-refractivity contribution in [3.63, 3.8) is 0 Å². The van der Waals surface area contributed by atoms with Gasteiger partial charge in [0.25, 0.3) is 5.91 Å². The summed E-state index contributed by atoms with van der Waals surface area (Å²) in [4.78, 5) is 24.5. The molecule has 5 rings (SSSR count). The molecule has 6 nitrogen and oxygen atoms in total.